The Morgan fingerprint density at radius 1 is 0.938 bits per heavy atom. The minimum absolute atomic E-state index is 0.231. The fourth-order valence-corrected chi connectivity index (χ4v) is 4.44. The fraction of sp³-hybridized carbons (Fsp3) is 0.478. The van der Waals surface area contributed by atoms with E-state index in [1.807, 2.05) is 42.2 Å². The Morgan fingerprint density at radius 2 is 1.59 bits per heavy atom. The van der Waals surface area contributed by atoms with Crippen molar-refractivity contribution in [2.24, 2.45) is 7.05 Å². The SMILES string of the molecule is COc1cccc([C@H](Nc2nc(N3CCCC3)nc(N3CCCC3)n2)c2nccn2C)c1. The molecule has 0 radical (unpaired) electrons. The summed E-state index contributed by atoms with van der Waals surface area (Å²) in [7, 11) is 3.68. The van der Waals surface area contributed by atoms with Crippen molar-refractivity contribution in [1.82, 2.24) is 24.5 Å². The van der Waals surface area contributed by atoms with Gasteiger partial charge in [-0.15, -0.1) is 0 Å². The minimum atomic E-state index is -0.231. The highest BCUT2D eigenvalue weighted by atomic mass is 16.5. The third-order valence-electron chi connectivity index (χ3n) is 6.21. The van der Waals surface area contributed by atoms with Crippen molar-refractivity contribution in [3.8, 4) is 5.75 Å². The zero-order valence-corrected chi connectivity index (χ0v) is 18.7. The van der Waals surface area contributed by atoms with Gasteiger partial charge in [0.15, 0.2) is 0 Å². The van der Waals surface area contributed by atoms with Gasteiger partial charge in [0.25, 0.3) is 0 Å². The van der Waals surface area contributed by atoms with Gasteiger partial charge in [-0.25, -0.2) is 4.98 Å². The Balaban J connectivity index is 1.54. The summed E-state index contributed by atoms with van der Waals surface area (Å²) in [6.07, 6.45) is 8.45. The van der Waals surface area contributed by atoms with Crippen LogP contribution >= 0.6 is 0 Å². The molecule has 9 nitrogen and oxygen atoms in total. The molecule has 0 bridgehead atoms. The van der Waals surface area contributed by atoms with Gasteiger partial charge in [0.05, 0.1) is 7.11 Å². The number of nitrogens with one attached hydrogen (secondary N) is 1. The summed E-state index contributed by atoms with van der Waals surface area (Å²) < 4.78 is 7.48. The molecule has 0 unspecified atom stereocenters. The number of imidazole rings is 1. The molecule has 2 saturated heterocycles. The summed E-state index contributed by atoms with van der Waals surface area (Å²) in [5.74, 6) is 3.76. The molecule has 0 spiro atoms. The number of aryl methyl sites for hydroxylation is 1. The minimum Gasteiger partial charge on any atom is -0.497 e. The third kappa shape index (κ3) is 4.19. The lowest BCUT2D eigenvalue weighted by Gasteiger charge is -2.23. The maximum Gasteiger partial charge on any atom is 0.231 e. The van der Waals surface area contributed by atoms with Crippen LogP contribution in [0, 0.1) is 0 Å². The molecule has 1 N–H and O–H groups in total. The number of rotatable bonds is 7. The lowest BCUT2D eigenvalue weighted by molar-refractivity contribution is 0.414. The second kappa shape index (κ2) is 9.02. The van der Waals surface area contributed by atoms with Gasteiger partial charge in [0, 0.05) is 45.6 Å². The van der Waals surface area contributed by atoms with Crippen LogP contribution in [0.15, 0.2) is 36.7 Å². The Hall–Kier alpha value is -3.36. The van der Waals surface area contributed by atoms with Crippen molar-refractivity contribution in [3.63, 3.8) is 0 Å². The molecular weight excluding hydrogens is 404 g/mol. The summed E-state index contributed by atoms with van der Waals surface area (Å²) in [4.78, 5) is 23.6. The lowest BCUT2D eigenvalue weighted by Crippen LogP contribution is -2.27. The number of ether oxygens (including phenoxy) is 1. The van der Waals surface area contributed by atoms with Crippen molar-refractivity contribution in [2.75, 3.05) is 48.4 Å². The molecule has 0 saturated carbocycles. The van der Waals surface area contributed by atoms with Crippen LogP contribution in [0.1, 0.15) is 43.1 Å². The highest BCUT2D eigenvalue weighted by molar-refractivity contribution is 5.48. The van der Waals surface area contributed by atoms with Crippen molar-refractivity contribution in [2.45, 2.75) is 31.7 Å². The molecule has 4 heterocycles. The summed E-state index contributed by atoms with van der Waals surface area (Å²) in [5.41, 5.74) is 1.03. The highest BCUT2D eigenvalue weighted by Crippen LogP contribution is 2.29. The van der Waals surface area contributed by atoms with E-state index in [9.17, 15) is 0 Å². The number of methoxy groups -OCH3 is 1. The molecule has 5 rings (SSSR count). The average molecular weight is 435 g/mol. The van der Waals surface area contributed by atoms with Crippen molar-refractivity contribution in [3.05, 3.63) is 48.0 Å². The maximum atomic E-state index is 5.47. The second-order valence-corrected chi connectivity index (χ2v) is 8.40. The van der Waals surface area contributed by atoms with Crippen LogP contribution in [0.25, 0.3) is 0 Å². The van der Waals surface area contributed by atoms with Crippen molar-refractivity contribution < 1.29 is 4.74 Å². The Labute approximate surface area is 188 Å². The van der Waals surface area contributed by atoms with Gasteiger partial charge < -0.3 is 24.4 Å². The molecule has 1 atom stereocenters. The molecule has 2 fully saturated rings. The normalized spacial score (nSPS) is 17.1. The van der Waals surface area contributed by atoms with Crippen LogP contribution in [-0.2, 0) is 7.05 Å². The number of benzene rings is 1. The summed E-state index contributed by atoms with van der Waals surface area (Å²) in [6, 6.07) is 7.80. The molecule has 1 aromatic carbocycles. The number of aromatic nitrogens is 5. The van der Waals surface area contributed by atoms with Crippen LogP contribution in [0.3, 0.4) is 0 Å². The standard InChI is InChI=1S/C23H30N8O/c1-29-15-10-24-20(29)19(17-8-7-9-18(16-17)32-2)25-21-26-22(30-11-3-4-12-30)28-23(27-21)31-13-5-6-14-31/h7-10,15-16,19H,3-6,11-14H2,1-2H3,(H,25,26,27,28)/t19-/m0/s1. The van der Waals surface area contributed by atoms with Gasteiger partial charge >= 0.3 is 0 Å². The van der Waals surface area contributed by atoms with Crippen LogP contribution < -0.4 is 19.9 Å². The summed E-state index contributed by atoms with van der Waals surface area (Å²) in [6.45, 7) is 3.95. The summed E-state index contributed by atoms with van der Waals surface area (Å²) >= 11 is 0. The fourth-order valence-electron chi connectivity index (χ4n) is 4.44. The zero-order valence-electron chi connectivity index (χ0n) is 18.7. The van der Waals surface area contributed by atoms with E-state index in [2.05, 4.69) is 26.2 Å². The van der Waals surface area contributed by atoms with E-state index >= 15 is 0 Å². The van der Waals surface area contributed by atoms with Gasteiger partial charge in [-0.3, -0.25) is 0 Å². The van der Waals surface area contributed by atoms with Crippen LogP contribution in [0.5, 0.6) is 5.75 Å². The second-order valence-electron chi connectivity index (χ2n) is 8.40. The van der Waals surface area contributed by atoms with E-state index in [-0.39, 0.29) is 6.04 Å². The molecule has 2 aliphatic rings. The predicted molar refractivity (Wildman–Crippen MR) is 124 cm³/mol. The number of hydrogen-bond donors (Lipinski definition) is 1. The topological polar surface area (TPSA) is 84.2 Å². The monoisotopic (exact) mass is 434 g/mol. The molecule has 32 heavy (non-hydrogen) atoms. The summed E-state index contributed by atoms with van der Waals surface area (Å²) in [5, 5.41) is 3.56. The third-order valence-corrected chi connectivity index (χ3v) is 6.21. The molecule has 2 aromatic heterocycles. The predicted octanol–water partition coefficient (Wildman–Crippen LogP) is 3.02. The number of nitrogens with zero attached hydrogens (tertiary/aromatic N) is 7. The first kappa shape index (κ1) is 20.5. The molecule has 2 aliphatic heterocycles. The molecule has 0 amide bonds. The smallest absolute Gasteiger partial charge is 0.231 e. The first-order valence-corrected chi connectivity index (χ1v) is 11.3. The van der Waals surface area contributed by atoms with E-state index < -0.39 is 0 Å². The maximum absolute atomic E-state index is 5.47. The Morgan fingerprint density at radius 3 is 2.16 bits per heavy atom. The molecule has 3 aromatic rings. The van der Waals surface area contributed by atoms with E-state index in [4.69, 9.17) is 19.7 Å². The molecule has 168 valence electrons. The van der Waals surface area contributed by atoms with Crippen LogP contribution in [-0.4, -0.2) is 57.8 Å². The van der Waals surface area contributed by atoms with Gasteiger partial charge in [-0.05, 0) is 43.4 Å². The Kier molecular flexibility index (Phi) is 5.79. The van der Waals surface area contributed by atoms with Gasteiger partial charge in [-0.2, -0.15) is 15.0 Å². The van der Waals surface area contributed by atoms with E-state index in [1.165, 1.54) is 25.7 Å². The van der Waals surface area contributed by atoms with E-state index in [0.29, 0.717) is 5.95 Å². The average Bonchev–Trinajstić information content (AvgIpc) is 3.60. The van der Waals surface area contributed by atoms with E-state index in [0.717, 1.165) is 55.2 Å². The van der Waals surface area contributed by atoms with E-state index in [1.54, 1.807) is 7.11 Å². The quantitative estimate of drug-likeness (QED) is 0.608. The number of anilines is 3. The molecule has 9 heteroatoms. The lowest BCUT2D eigenvalue weighted by atomic mass is 10.1. The van der Waals surface area contributed by atoms with Crippen LogP contribution in [0.4, 0.5) is 17.8 Å². The van der Waals surface area contributed by atoms with Gasteiger partial charge in [0.2, 0.25) is 17.8 Å². The van der Waals surface area contributed by atoms with Gasteiger partial charge in [0.1, 0.15) is 17.6 Å². The van der Waals surface area contributed by atoms with Crippen molar-refractivity contribution in [1.29, 1.82) is 0 Å². The largest absolute Gasteiger partial charge is 0.497 e. The zero-order chi connectivity index (χ0) is 21.9. The Bertz CT molecular complexity index is 1020. The first-order valence-electron chi connectivity index (χ1n) is 11.3. The van der Waals surface area contributed by atoms with Crippen molar-refractivity contribution >= 4 is 17.8 Å². The molecular formula is C23H30N8O. The number of hydrogen-bond acceptors (Lipinski definition) is 8. The van der Waals surface area contributed by atoms with Gasteiger partial charge in [-0.1, -0.05) is 12.1 Å². The molecule has 0 aliphatic carbocycles. The highest BCUT2D eigenvalue weighted by Gasteiger charge is 2.25. The first-order chi connectivity index (χ1) is 15.7. The van der Waals surface area contributed by atoms with Crippen LogP contribution in [0.2, 0.25) is 0 Å².